The van der Waals surface area contributed by atoms with Crippen molar-refractivity contribution in [2.75, 3.05) is 0 Å². The van der Waals surface area contributed by atoms with E-state index in [4.69, 9.17) is 5.26 Å². The fourth-order valence-corrected chi connectivity index (χ4v) is 0.655. The normalized spacial score (nSPS) is 10.0. The van der Waals surface area contributed by atoms with E-state index in [1.54, 1.807) is 12.3 Å². The Hall–Kier alpha value is -1.56. The molecule has 0 radical (unpaired) electrons. The zero-order chi connectivity index (χ0) is 7.40. The summed E-state index contributed by atoms with van der Waals surface area (Å²) in [5.74, 6) is 0. The molecule has 1 aromatic heterocycles. The molecule has 1 N–H and O–H groups in total. The van der Waals surface area contributed by atoms with Crippen LogP contribution in [-0.4, -0.2) is 10.2 Å². The summed E-state index contributed by atoms with van der Waals surface area (Å²) in [6, 6.07) is 1.91. The zero-order valence-corrected chi connectivity index (χ0v) is 5.63. The second kappa shape index (κ2) is 2.83. The van der Waals surface area contributed by atoms with Crippen molar-refractivity contribution in [1.82, 2.24) is 10.2 Å². The maximum Gasteiger partial charge on any atom is 0.0912 e. The van der Waals surface area contributed by atoms with Gasteiger partial charge in [0.1, 0.15) is 0 Å². The van der Waals surface area contributed by atoms with Gasteiger partial charge in [-0.15, -0.1) is 0 Å². The number of aryl methyl sites for hydroxylation is 1. The summed E-state index contributed by atoms with van der Waals surface area (Å²) in [7, 11) is 0. The molecule has 0 fully saturated rings. The lowest BCUT2D eigenvalue weighted by molar-refractivity contribution is 1.05. The highest BCUT2D eigenvalue weighted by Gasteiger charge is 1.92. The Morgan fingerprint density at radius 2 is 2.60 bits per heavy atom. The van der Waals surface area contributed by atoms with Crippen LogP contribution in [0.5, 0.6) is 0 Å². The van der Waals surface area contributed by atoms with Gasteiger partial charge in [-0.1, -0.05) is 0 Å². The summed E-state index contributed by atoms with van der Waals surface area (Å²) < 4.78 is 0. The molecule has 50 valence electrons. The zero-order valence-electron chi connectivity index (χ0n) is 5.63. The lowest BCUT2D eigenvalue weighted by atomic mass is 10.2. The van der Waals surface area contributed by atoms with E-state index in [0.29, 0.717) is 0 Å². The number of nitriles is 1. The van der Waals surface area contributed by atoms with Crippen molar-refractivity contribution in [2.45, 2.75) is 6.92 Å². The van der Waals surface area contributed by atoms with Gasteiger partial charge in [0.15, 0.2) is 0 Å². The van der Waals surface area contributed by atoms with Crippen LogP contribution in [0.25, 0.3) is 6.08 Å². The Morgan fingerprint density at radius 1 is 1.80 bits per heavy atom. The predicted octanol–water partition coefficient (Wildman–Crippen LogP) is 1.25. The summed E-state index contributed by atoms with van der Waals surface area (Å²) in [5.41, 5.74) is 1.94. The minimum Gasteiger partial charge on any atom is -0.282 e. The van der Waals surface area contributed by atoms with Crippen LogP contribution in [-0.2, 0) is 0 Å². The predicted molar refractivity (Wildman–Crippen MR) is 38.0 cm³/mol. The molecule has 0 saturated heterocycles. The van der Waals surface area contributed by atoms with Crippen LogP contribution in [0.1, 0.15) is 11.3 Å². The van der Waals surface area contributed by atoms with Gasteiger partial charge in [-0.05, 0) is 13.0 Å². The van der Waals surface area contributed by atoms with Crippen LogP contribution in [0.4, 0.5) is 0 Å². The maximum absolute atomic E-state index is 8.19. The SMILES string of the molecule is Cc1[nH]ncc1C=CC#N. The van der Waals surface area contributed by atoms with Gasteiger partial charge in [-0.25, -0.2) is 0 Å². The van der Waals surface area contributed by atoms with E-state index < -0.39 is 0 Å². The Bertz CT molecular complexity index is 277. The highest BCUT2D eigenvalue weighted by atomic mass is 15.1. The molecule has 10 heavy (non-hydrogen) atoms. The van der Waals surface area contributed by atoms with Gasteiger partial charge < -0.3 is 0 Å². The van der Waals surface area contributed by atoms with E-state index >= 15 is 0 Å². The lowest BCUT2D eigenvalue weighted by Crippen LogP contribution is -1.72. The Kier molecular flexibility index (Phi) is 1.86. The average Bonchev–Trinajstić information content (AvgIpc) is 2.31. The molecule has 0 aliphatic heterocycles. The van der Waals surface area contributed by atoms with Crippen molar-refractivity contribution in [2.24, 2.45) is 0 Å². The Labute approximate surface area is 59.0 Å². The first-order chi connectivity index (χ1) is 4.84. The van der Waals surface area contributed by atoms with Gasteiger partial charge in [0, 0.05) is 17.3 Å². The van der Waals surface area contributed by atoms with Crippen molar-refractivity contribution in [1.29, 1.82) is 5.26 Å². The number of H-pyrrole nitrogens is 1. The molecule has 0 aromatic carbocycles. The first-order valence-electron chi connectivity index (χ1n) is 2.90. The van der Waals surface area contributed by atoms with Crippen LogP contribution >= 0.6 is 0 Å². The van der Waals surface area contributed by atoms with E-state index in [2.05, 4.69) is 10.2 Å². The molecular formula is C7H7N3. The molecule has 0 atom stereocenters. The van der Waals surface area contributed by atoms with Crippen molar-refractivity contribution in [3.05, 3.63) is 23.5 Å². The number of nitrogens with one attached hydrogen (secondary N) is 1. The first-order valence-corrected chi connectivity index (χ1v) is 2.90. The number of aromatic nitrogens is 2. The fourth-order valence-electron chi connectivity index (χ4n) is 0.655. The third kappa shape index (κ3) is 1.23. The Morgan fingerprint density at radius 3 is 3.10 bits per heavy atom. The van der Waals surface area contributed by atoms with E-state index in [9.17, 15) is 0 Å². The van der Waals surface area contributed by atoms with E-state index in [1.807, 2.05) is 13.0 Å². The lowest BCUT2D eigenvalue weighted by Gasteiger charge is -1.82. The van der Waals surface area contributed by atoms with Crippen molar-refractivity contribution >= 4 is 6.08 Å². The Balaban J connectivity index is 2.87. The minimum atomic E-state index is 0.960. The molecule has 0 aliphatic carbocycles. The molecule has 0 bridgehead atoms. The summed E-state index contributed by atoms with van der Waals surface area (Å²) in [4.78, 5) is 0. The number of hydrogen-bond acceptors (Lipinski definition) is 2. The molecule has 0 unspecified atom stereocenters. The smallest absolute Gasteiger partial charge is 0.0912 e. The third-order valence-corrected chi connectivity index (χ3v) is 1.21. The fraction of sp³-hybridized carbons (Fsp3) is 0.143. The van der Waals surface area contributed by atoms with Gasteiger partial charge in [-0.2, -0.15) is 10.4 Å². The summed E-state index contributed by atoms with van der Waals surface area (Å²) in [6.07, 6.45) is 4.83. The van der Waals surface area contributed by atoms with Crippen LogP contribution in [0.2, 0.25) is 0 Å². The van der Waals surface area contributed by atoms with Gasteiger partial charge in [0.25, 0.3) is 0 Å². The molecule has 3 heteroatoms. The largest absolute Gasteiger partial charge is 0.282 e. The number of allylic oxidation sites excluding steroid dienone is 1. The van der Waals surface area contributed by atoms with Gasteiger partial charge >= 0.3 is 0 Å². The summed E-state index contributed by atoms with van der Waals surface area (Å²) in [6.45, 7) is 1.91. The van der Waals surface area contributed by atoms with Crippen LogP contribution in [0.3, 0.4) is 0 Å². The molecule has 0 saturated carbocycles. The van der Waals surface area contributed by atoms with Crippen molar-refractivity contribution < 1.29 is 0 Å². The molecule has 1 rings (SSSR count). The van der Waals surface area contributed by atoms with Crippen LogP contribution < -0.4 is 0 Å². The summed E-state index contributed by atoms with van der Waals surface area (Å²) >= 11 is 0. The monoisotopic (exact) mass is 133 g/mol. The number of rotatable bonds is 1. The van der Waals surface area contributed by atoms with E-state index in [-0.39, 0.29) is 0 Å². The maximum atomic E-state index is 8.19. The average molecular weight is 133 g/mol. The molecule has 0 aliphatic rings. The highest BCUT2D eigenvalue weighted by molar-refractivity contribution is 5.52. The molecular weight excluding hydrogens is 126 g/mol. The number of hydrogen-bond donors (Lipinski definition) is 1. The van der Waals surface area contributed by atoms with Gasteiger partial charge in [0.2, 0.25) is 0 Å². The molecule has 3 nitrogen and oxygen atoms in total. The number of nitrogens with zero attached hydrogens (tertiary/aromatic N) is 2. The van der Waals surface area contributed by atoms with Crippen molar-refractivity contribution in [3.63, 3.8) is 0 Å². The minimum absolute atomic E-state index is 0.960. The van der Waals surface area contributed by atoms with Crippen LogP contribution in [0, 0.1) is 18.3 Å². The third-order valence-electron chi connectivity index (χ3n) is 1.21. The molecule has 0 spiro atoms. The van der Waals surface area contributed by atoms with Gasteiger partial charge in [0.05, 0.1) is 12.3 Å². The van der Waals surface area contributed by atoms with E-state index in [0.717, 1.165) is 11.3 Å². The first kappa shape index (κ1) is 6.56. The second-order valence-electron chi connectivity index (χ2n) is 1.91. The quantitative estimate of drug-likeness (QED) is 0.586. The molecule has 1 heterocycles. The van der Waals surface area contributed by atoms with Crippen LogP contribution in [0.15, 0.2) is 12.3 Å². The van der Waals surface area contributed by atoms with Crippen molar-refractivity contribution in [3.8, 4) is 6.07 Å². The highest BCUT2D eigenvalue weighted by Crippen LogP contribution is 2.03. The number of aromatic amines is 1. The van der Waals surface area contributed by atoms with Gasteiger partial charge in [-0.3, -0.25) is 5.10 Å². The molecule has 0 amide bonds. The second-order valence-corrected chi connectivity index (χ2v) is 1.91. The topological polar surface area (TPSA) is 52.5 Å². The molecule has 1 aromatic rings. The summed E-state index contributed by atoms with van der Waals surface area (Å²) in [5, 5.41) is 14.7. The standard InChI is InChI=1S/C7H7N3/c1-6-7(3-2-4-8)5-9-10-6/h2-3,5H,1H3,(H,9,10). The van der Waals surface area contributed by atoms with E-state index in [1.165, 1.54) is 6.08 Å².